The van der Waals surface area contributed by atoms with Crippen LogP contribution in [0.25, 0.3) is 0 Å². The molecule has 0 fully saturated rings. The molecule has 0 amide bonds. The minimum Gasteiger partial charge on any atom is -0.392 e. The summed E-state index contributed by atoms with van der Waals surface area (Å²) in [6, 6.07) is 0. The zero-order valence-corrected chi connectivity index (χ0v) is 9.05. The topological polar surface area (TPSA) is 72.2 Å². The molecule has 0 atom stereocenters. The van der Waals surface area contributed by atoms with E-state index in [0.29, 0.717) is 0 Å². The van der Waals surface area contributed by atoms with Crippen LogP contribution in [0.5, 0.6) is 0 Å². The maximum Gasteiger partial charge on any atom is 0.212 e. The van der Waals surface area contributed by atoms with Crippen LogP contribution in [0, 0.1) is 0 Å². The highest BCUT2D eigenvalue weighted by Gasteiger charge is 2.26. The van der Waals surface area contributed by atoms with Gasteiger partial charge in [0.25, 0.3) is 0 Å². The Bertz CT molecular complexity index is 269. The molecule has 12 heavy (non-hydrogen) atoms. The van der Waals surface area contributed by atoms with Crippen LogP contribution < -0.4 is 10.5 Å². The Balaban J connectivity index is 4.57. The van der Waals surface area contributed by atoms with Gasteiger partial charge in [-0.15, -0.1) is 0 Å². The molecule has 4 nitrogen and oxygen atoms in total. The monoisotopic (exact) mass is 210 g/mol. The van der Waals surface area contributed by atoms with Crippen molar-refractivity contribution in [3.8, 4) is 0 Å². The van der Waals surface area contributed by atoms with Crippen LogP contribution in [0.1, 0.15) is 20.8 Å². The highest BCUT2D eigenvalue weighted by Crippen LogP contribution is 2.04. The average Bonchev–Trinajstić information content (AvgIpc) is 1.85. The summed E-state index contributed by atoms with van der Waals surface area (Å²) in [6.45, 7) is 4.81. The van der Waals surface area contributed by atoms with Crippen molar-refractivity contribution in [1.82, 2.24) is 4.72 Å². The van der Waals surface area contributed by atoms with Gasteiger partial charge in [0.2, 0.25) is 10.0 Å². The van der Waals surface area contributed by atoms with Gasteiger partial charge >= 0.3 is 0 Å². The van der Waals surface area contributed by atoms with Gasteiger partial charge in [0.05, 0.1) is 16.3 Å². The maximum atomic E-state index is 11.1. The molecule has 0 heterocycles. The normalized spacial score (nSPS) is 12.9. The van der Waals surface area contributed by atoms with Crippen LogP contribution >= 0.6 is 12.2 Å². The summed E-state index contributed by atoms with van der Waals surface area (Å²) >= 11 is 4.70. The van der Waals surface area contributed by atoms with E-state index in [2.05, 4.69) is 4.72 Å². The number of hydrogen-bond acceptors (Lipinski definition) is 3. The summed E-state index contributed by atoms with van der Waals surface area (Å²) in [4.78, 5) is 0.138. The van der Waals surface area contributed by atoms with E-state index >= 15 is 0 Å². The number of thiocarbonyl (C=S) groups is 1. The van der Waals surface area contributed by atoms with E-state index < -0.39 is 15.6 Å². The molecule has 0 bridgehead atoms. The first kappa shape index (κ1) is 11.8. The van der Waals surface area contributed by atoms with Crippen molar-refractivity contribution in [3.05, 3.63) is 0 Å². The predicted molar refractivity (Wildman–Crippen MR) is 53.5 cm³/mol. The lowest BCUT2D eigenvalue weighted by atomic mass is 10.1. The second-order valence-electron chi connectivity index (χ2n) is 2.99. The SMILES string of the molecule is CCS(=O)(=O)NC(C)(C)C(N)=S. The van der Waals surface area contributed by atoms with Crippen LogP contribution in [0.4, 0.5) is 0 Å². The van der Waals surface area contributed by atoms with E-state index in [1.54, 1.807) is 20.8 Å². The fourth-order valence-electron chi connectivity index (χ4n) is 0.511. The van der Waals surface area contributed by atoms with E-state index in [1.165, 1.54) is 0 Å². The van der Waals surface area contributed by atoms with Crippen molar-refractivity contribution < 1.29 is 8.42 Å². The van der Waals surface area contributed by atoms with E-state index in [1.807, 2.05) is 0 Å². The van der Waals surface area contributed by atoms with Gasteiger partial charge in [0, 0.05) is 0 Å². The first-order valence-corrected chi connectivity index (χ1v) is 5.59. The number of sulfonamides is 1. The molecule has 0 unspecified atom stereocenters. The summed E-state index contributed by atoms with van der Waals surface area (Å²) in [5.41, 5.74) is 4.49. The van der Waals surface area contributed by atoms with Gasteiger partial charge < -0.3 is 5.73 Å². The maximum absolute atomic E-state index is 11.1. The number of rotatable bonds is 4. The third-order valence-electron chi connectivity index (χ3n) is 1.41. The minimum absolute atomic E-state index is 0.0268. The molecule has 0 aromatic carbocycles. The average molecular weight is 210 g/mol. The molecule has 0 aromatic rings. The Kier molecular flexibility index (Phi) is 3.61. The van der Waals surface area contributed by atoms with Crippen LogP contribution in [0.2, 0.25) is 0 Å². The van der Waals surface area contributed by atoms with Gasteiger partial charge in [-0.05, 0) is 20.8 Å². The van der Waals surface area contributed by atoms with E-state index in [4.69, 9.17) is 18.0 Å². The third kappa shape index (κ3) is 3.46. The molecular weight excluding hydrogens is 196 g/mol. The van der Waals surface area contributed by atoms with Gasteiger partial charge in [0.15, 0.2) is 0 Å². The second-order valence-corrected chi connectivity index (χ2v) is 5.45. The van der Waals surface area contributed by atoms with Crippen LogP contribution in [0.15, 0.2) is 0 Å². The van der Waals surface area contributed by atoms with Crippen LogP contribution in [-0.4, -0.2) is 24.7 Å². The molecule has 0 aromatic heterocycles. The van der Waals surface area contributed by atoms with Crippen molar-refractivity contribution in [3.63, 3.8) is 0 Å². The quantitative estimate of drug-likeness (QED) is 0.640. The molecule has 0 aliphatic heterocycles. The summed E-state index contributed by atoms with van der Waals surface area (Å²) in [7, 11) is -3.24. The summed E-state index contributed by atoms with van der Waals surface area (Å²) in [5.74, 6) is 0.0268. The minimum atomic E-state index is -3.24. The molecule has 0 spiro atoms. The lowest BCUT2D eigenvalue weighted by molar-refractivity contribution is 0.547. The number of nitrogens with one attached hydrogen (secondary N) is 1. The van der Waals surface area contributed by atoms with Crippen molar-refractivity contribution in [2.24, 2.45) is 5.73 Å². The van der Waals surface area contributed by atoms with Crippen LogP contribution in [0.3, 0.4) is 0 Å². The van der Waals surface area contributed by atoms with E-state index in [0.717, 1.165) is 0 Å². The standard InChI is InChI=1S/C6H14N2O2S2/c1-4-12(9,10)8-6(2,3)5(7)11/h8H,4H2,1-3H3,(H2,7,11). The molecule has 0 saturated carbocycles. The highest BCUT2D eigenvalue weighted by atomic mass is 32.2. The second kappa shape index (κ2) is 3.68. The van der Waals surface area contributed by atoms with Crippen molar-refractivity contribution in [2.75, 3.05) is 5.75 Å². The predicted octanol–water partition coefficient (Wildman–Crippen LogP) is -0.00960. The first-order chi connectivity index (χ1) is 5.21. The van der Waals surface area contributed by atoms with Crippen molar-refractivity contribution in [2.45, 2.75) is 26.3 Å². The Morgan fingerprint density at radius 1 is 1.58 bits per heavy atom. The Hall–Kier alpha value is -0.200. The molecule has 0 rings (SSSR count). The Morgan fingerprint density at radius 2 is 2.00 bits per heavy atom. The molecular formula is C6H14N2O2S2. The van der Waals surface area contributed by atoms with E-state index in [9.17, 15) is 8.42 Å². The van der Waals surface area contributed by atoms with Gasteiger partial charge in [-0.25, -0.2) is 13.1 Å². The van der Waals surface area contributed by atoms with Crippen molar-refractivity contribution in [1.29, 1.82) is 0 Å². The zero-order chi connectivity index (χ0) is 9.99. The van der Waals surface area contributed by atoms with Crippen LogP contribution in [-0.2, 0) is 10.0 Å². The third-order valence-corrected chi connectivity index (χ3v) is 3.50. The lowest BCUT2D eigenvalue weighted by Crippen LogP contribution is -2.52. The number of hydrogen-bond donors (Lipinski definition) is 2. The highest BCUT2D eigenvalue weighted by molar-refractivity contribution is 7.89. The van der Waals surface area contributed by atoms with Gasteiger partial charge in [-0.2, -0.15) is 0 Å². The summed E-state index contributed by atoms with van der Waals surface area (Å²) < 4.78 is 24.6. The number of nitrogens with two attached hydrogens (primary N) is 1. The lowest BCUT2D eigenvalue weighted by Gasteiger charge is -2.23. The molecule has 3 N–H and O–H groups in total. The Morgan fingerprint density at radius 3 is 2.25 bits per heavy atom. The Labute approximate surface area is 78.6 Å². The zero-order valence-electron chi connectivity index (χ0n) is 7.42. The molecule has 0 aliphatic carbocycles. The first-order valence-electron chi connectivity index (χ1n) is 3.53. The molecule has 0 radical (unpaired) electrons. The molecule has 0 aliphatic rings. The van der Waals surface area contributed by atoms with Gasteiger partial charge in [-0.3, -0.25) is 0 Å². The smallest absolute Gasteiger partial charge is 0.212 e. The van der Waals surface area contributed by atoms with Gasteiger partial charge in [-0.1, -0.05) is 12.2 Å². The van der Waals surface area contributed by atoms with Crippen molar-refractivity contribution >= 4 is 27.2 Å². The molecule has 0 saturated heterocycles. The summed E-state index contributed by atoms with van der Waals surface area (Å²) in [6.07, 6.45) is 0. The largest absolute Gasteiger partial charge is 0.392 e. The molecule has 72 valence electrons. The van der Waals surface area contributed by atoms with Gasteiger partial charge in [0.1, 0.15) is 0 Å². The fourth-order valence-corrected chi connectivity index (χ4v) is 1.66. The summed E-state index contributed by atoms with van der Waals surface area (Å²) in [5, 5.41) is 0. The molecule has 6 heteroatoms. The fraction of sp³-hybridized carbons (Fsp3) is 0.833. The van der Waals surface area contributed by atoms with E-state index in [-0.39, 0.29) is 10.7 Å².